The molecule has 0 radical (unpaired) electrons. The van der Waals surface area contributed by atoms with E-state index in [-0.39, 0.29) is 30.5 Å². The fourth-order valence-electron chi connectivity index (χ4n) is 3.87. The van der Waals surface area contributed by atoms with E-state index in [0.29, 0.717) is 5.56 Å². The third kappa shape index (κ3) is 3.54. The molecule has 5 heteroatoms. The number of carbonyl (C=O) groups is 1. The molecule has 3 aromatic rings. The lowest BCUT2D eigenvalue weighted by Gasteiger charge is -2.27. The molecule has 0 N–H and O–H groups in total. The second kappa shape index (κ2) is 7.06. The zero-order valence-electron chi connectivity index (χ0n) is 16.1. The Labute approximate surface area is 165 Å². The van der Waals surface area contributed by atoms with E-state index in [0.717, 1.165) is 16.3 Å². The fourth-order valence-corrected chi connectivity index (χ4v) is 5.07. The first-order chi connectivity index (χ1) is 13.3. The number of hydrogen-bond donors (Lipinski definition) is 0. The first kappa shape index (κ1) is 18.7. The van der Waals surface area contributed by atoms with Crippen molar-refractivity contribution in [3.8, 4) is 11.1 Å². The highest BCUT2D eigenvalue weighted by atomic mass is 32.2. The van der Waals surface area contributed by atoms with Crippen LogP contribution in [-0.4, -0.2) is 43.8 Å². The van der Waals surface area contributed by atoms with Crippen molar-refractivity contribution in [2.24, 2.45) is 0 Å². The van der Waals surface area contributed by atoms with Crippen molar-refractivity contribution in [3.05, 3.63) is 71.3 Å². The van der Waals surface area contributed by atoms with Gasteiger partial charge in [-0.1, -0.05) is 48.0 Å². The van der Waals surface area contributed by atoms with Gasteiger partial charge in [0.2, 0.25) is 0 Å². The first-order valence-corrected chi connectivity index (χ1v) is 11.3. The Morgan fingerprint density at radius 1 is 0.893 bits per heavy atom. The lowest BCUT2D eigenvalue weighted by molar-refractivity contribution is 0.0770. The van der Waals surface area contributed by atoms with Gasteiger partial charge < -0.3 is 4.90 Å². The van der Waals surface area contributed by atoms with Crippen molar-refractivity contribution in [1.29, 1.82) is 0 Å². The van der Waals surface area contributed by atoms with Gasteiger partial charge in [0, 0.05) is 18.7 Å². The number of carbonyl (C=O) groups excluding carboxylic acids is 1. The maximum atomic E-state index is 12.8. The lowest BCUT2D eigenvalue weighted by Crippen LogP contribution is -2.43. The fraction of sp³-hybridized carbons (Fsp3) is 0.261. The summed E-state index contributed by atoms with van der Waals surface area (Å²) >= 11 is 0. The summed E-state index contributed by atoms with van der Waals surface area (Å²) in [5.41, 5.74) is 5.40. The Balaban J connectivity index is 1.70. The van der Waals surface area contributed by atoms with Crippen molar-refractivity contribution in [2.45, 2.75) is 13.8 Å². The Hall–Kier alpha value is -2.66. The van der Waals surface area contributed by atoms with Crippen LogP contribution < -0.4 is 0 Å². The summed E-state index contributed by atoms with van der Waals surface area (Å²) in [5, 5.41) is 2.11. The SMILES string of the molecule is Cc1ccc(-c2cccc3cc(C(=O)N4CCS(=O)(=O)CC4)ccc23)c(C)c1. The Morgan fingerprint density at radius 2 is 1.64 bits per heavy atom. The highest BCUT2D eigenvalue weighted by Crippen LogP contribution is 2.32. The average Bonchev–Trinajstić information content (AvgIpc) is 2.67. The molecule has 0 saturated carbocycles. The number of rotatable bonds is 2. The summed E-state index contributed by atoms with van der Waals surface area (Å²) in [7, 11) is -3.00. The summed E-state index contributed by atoms with van der Waals surface area (Å²) < 4.78 is 23.2. The van der Waals surface area contributed by atoms with Gasteiger partial charge in [-0.3, -0.25) is 4.79 Å². The van der Waals surface area contributed by atoms with Crippen LogP contribution in [0, 0.1) is 13.8 Å². The van der Waals surface area contributed by atoms with Gasteiger partial charge in [-0.15, -0.1) is 0 Å². The van der Waals surface area contributed by atoms with Gasteiger partial charge in [-0.2, -0.15) is 0 Å². The van der Waals surface area contributed by atoms with Crippen molar-refractivity contribution < 1.29 is 13.2 Å². The third-order valence-corrected chi connectivity index (χ3v) is 7.04. The minimum Gasteiger partial charge on any atom is -0.337 e. The second-order valence-electron chi connectivity index (χ2n) is 7.50. The van der Waals surface area contributed by atoms with Crippen LogP contribution in [0.25, 0.3) is 21.9 Å². The molecule has 0 bridgehead atoms. The van der Waals surface area contributed by atoms with E-state index in [1.54, 1.807) is 4.90 Å². The predicted octanol–water partition coefficient (Wildman–Crippen LogP) is 3.99. The average molecular weight is 394 g/mol. The third-order valence-electron chi connectivity index (χ3n) is 5.43. The molecule has 1 heterocycles. The van der Waals surface area contributed by atoms with Crippen LogP contribution in [0.2, 0.25) is 0 Å². The topological polar surface area (TPSA) is 54.5 Å². The van der Waals surface area contributed by atoms with E-state index in [4.69, 9.17) is 0 Å². The molecule has 1 aliphatic heterocycles. The Morgan fingerprint density at radius 3 is 2.36 bits per heavy atom. The predicted molar refractivity (Wildman–Crippen MR) is 113 cm³/mol. The summed E-state index contributed by atoms with van der Waals surface area (Å²) in [5.74, 6) is -0.0134. The van der Waals surface area contributed by atoms with Gasteiger partial charge in [0.1, 0.15) is 0 Å². The lowest BCUT2D eigenvalue weighted by atomic mass is 9.93. The minimum absolute atomic E-state index is 0.0448. The van der Waals surface area contributed by atoms with Crippen LogP contribution in [0.5, 0.6) is 0 Å². The summed E-state index contributed by atoms with van der Waals surface area (Å²) in [6, 6.07) is 18.3. The Bertz CT molecular complexity index is 1170. The molecule has 0 aliphatic carbocycles. The number of sulfone groups is 1. The second-order valence-corrected chi connectivity index (χ2v) is 9.81. The van der Waals surface area contributed by atoms with E-state index in [1.807, 2.05) is 30.3 Å². The summed E-state index contributed by atoms with van der Waals surface area (Å²) in [4.78, 5) is 14.5. The number of benzene rings is 3. The van der Waals surface area contributed by atoms with Gasteiger partial charge in [-0.25, -0.2) is 8.42 Å². The highest BCUT2D eigenvalue weighted by molar-refractivity contribution is 7.91. The van der Waals surface area contributed by atoms with Gasteiger partial charge >= 0.3 is 0 Å². The van der Waals surface area contributed by atoms with Gasteiger partial charge in [-0.05, 0) is 53.4 Å². The van der Waals surface area contributed by atoms with Gasteiger partial charge in [0.15, 0.2) is 9.84 Å². The van der Waals surface area contributed by atoms with E-state index in [1.165, 1.54) is 16.7 Å². The van der Waals surface area contributed by atoms with Crippen LogP contribution in [0.4, 0.5) is 0 Å². The zero-order chi connectivity index (χ0) is 19.9. The number of nitrogens with zero attached hydrogens (tertiary/aromatic N) is 1. The molecule has 4 rings (SSSR count). The molecule has 0 unspecified atom stereocenters. The molecule has 144 valence electrons. The molecular formula is C23H23NO3S. The standard InChI is InChI=1S/C23H23NO3S/c1-16-6-8-20(17(2)14-16)22-5-3-4-18-15-19(7-9-21(18)22)23(25)24-10-12-28(26,27)13-11-24/h3-9,14-15H,10-13H2,1-2H3. The maximum Gasteiger partial charge on any atom is 0.253 e. The normalized spacial score (nSPS) is 16.3. The van der Waals surface area contributed by atoms with Gasteiger partial charge in [0.05, 0.1) is 11.5 Å². The summed E-state index contributed by atoms with van der Waals surface area (Å²) in [6.07, 6.45) is 0. The molecule has 4 nitrogen and oxygen atoms in total. The quantitative estimate of drug-likeness (QED) is 0.661. The van der Waals surface area contributed by atoms with Crippen LogP contribution in [0.1, 0.15) is 21.5 Å². The largest absolute Gasteiger partial charge is 0.337 e. The van der Waals surface area contributed by atoms with E-state index < -0.39 is 9.84 Å². The molecule has 1 amide bonds. The number of hydrogen-bond acceptors (Lipinski definition) is 3. The van der Waals surface area contributed by atoms with E-state index in [2.05, 4.69) is 38.1 Å². The molecule has 28 heavy (non-hydrogen) atoms. The molecule has 3 aromatic carbocycles. The monoisotopic (exact) mass is 393 g/mol. The van der Waals surface area contributed by atoms with Crippen LogP contribution in [0.3, 0.4) is 0 Å². The van der Waals surface area contributed by atoms with Gasteiger partial charge in [0.25, 0.3) is 5.91 Å². The van der Waals surface area contributed by atoms with E-state index >= 15 is 0 Å². The van der Waals surface area contributed by atoms with Crippen LogP contribution >= 0.6 is 0 Å². The molecular weight excluding hydrogens is 370 g/mol. The molecule has 0 atom stereocenters. The van der Waals surface area contributed by atoms with Crippen molar-refractivity contribution >= 4 is 26.5 Å². The summed E-state index contributed by atoms with van der Waals surface area (Å²) in [6.45, 7) is 4.73. The molecule has 0 aromatic heterocycles. The Kier molecular flexibility index (Phi) is 4.71. The number of amides is 1. The minimum atomic E-state index is -3.00. The smallest absolute Gasteiger partial charge is 0.253 e. The number of fused-ring (bicyclic) bond motifs is 1. The molecule has 1 saturated heterocycles. The zero-order valence-corrected chi connectivity index (χ0v) is 16.9. The van der Waals surface area contributed by atoms with E-state index in [9.17, 15) is 13.2 Å². The first-order valence-electron chi connectivity index (χ1n) is 9.44. The molecule has 1 fully saturated rings. The molecule has 0 spiro atoms. The molecule has 1 aliphatic rings. The van der Waals surface area contributed by atoms with Crippen molar-refractivity contribution in [1.82, 2.24) is 4.90 Å². The highest BCUT2D eigenvalue weighted by Gasteiger charge is 2.25. The maximum absolute atomic E-state index is 12.8. The number of aryl methyl sites for hydroxylation is 2. The van der Waals surface area contributed by atoms with Crippen LogP contribution in [-0.2, 0) is 9.84 Å². The van der Waals surface area contributed by atoms with Crippen molar-refractivity contribution in [3.63, 3.8) is 0 Å². The van der Waals surface area contributed by atoms with Crippen molar-refractivity contribution in [2.75, 3.05) is 24.6 Å². The van der Waals surface area contributed by atoms with Crippen LogP contribution in [0.15, 0.2) is 54.6 Å².